The van der Waals surface area contributed by atoms with Crippen LogP contribution >= 0.6 is 0 Å². The van der Waals surface area contributed by atoms with Crippen molar-refractivity contribution in [2.45, 2.75) is 12.7 Å². The highest BCUT2D eigenvalue weighted by Gasteiger charge is 2.45. The Kier molecular flexibility index (Phi) is 4.90. The number of H-pyrrole nitrogens is 1. The Hall–Kier alpha value is -4.20. The number of amides is 1. The van der Waals surface area contributed by atoms with Crippen molar-refractivity contribution in [1.29, 1.82) is 5.26 Å². The number of pyridine rings is 1. The van der Waals surface area contributed by atoms with Gasteiger partial charge in [-0.15, -0.1) is 0 Å². The van der Waals surface area contributed by atoms with Crippen molar-refractivity contribution in [3.05, 3.63) is 64.8 Å². The number of hydrogen-bond acceptors (Lipinski definition) is 5. The molecule has 156 valence electrons. The van der Waals surface area contributed by atoms with Crippen molar-refractivity contribution < 1.29 is 18.0 Å². The Morgan fingerprint density at radius 1 is 1.23 bits per heavy atom. The van der Waals surface area contributed by atoms with E-state index >= 15 is 0 Å². The lowest BCUT2D eigenvalue weighted by atomic mass is 10.1. The van der Waals surface area contributed by atoms with E-state index in [2.05, 4.69) is 20.3 Å². The SMILES string of the molecule is N#CC(C(=O)NCc1ccc2c(ccc(=O)n2-c2ncnc3[nH]ccc23)c1)C(F)(F)F. The highest BCUT2D eigenvalue weighted by atomic mass is 19.4. The van der Waals surface area contributed by atoms with Crippen LogP contribution in [0.25, 0.3) is 27.8 Å². The Labute approximate surface area is 172 Å². The van der Waals surface area contributed by atoms with Gasteiger partial charge in [0.05, 0.1) is 17.0 Å². The summed E-state index contributed by atoms with van der Waals surface area (Å²) in [6, 6.07) is 10.4. The molecule has 1 aromatic carbocycles. The van der Waals surface area contributed by atoms with E-state index in [0.29, 0.717) is 33.3 Å². The van der Waals surface area contributed by atoms with Gasteiger partial charge >= 0.3 is 6.18 Å². The standard InChI is InChI=1S/C20H13F3N6O2/c21-20(22,23)14(8-24)19(31)26-9-11-1-3-15-12(7-11)2-4-16(30)29(15)18-13-5-6-25-17(13)27-10-28-18/h1-7,10,14H,9H2,(H,26,31)(H,25,27,28). The largest absolute Gasteiger partial charge is 0.413 e. The molecule has 0 fully saturated rings. The Morgan fingerprint density at radius 3 is 2.77 bits per heavy atom. The normalized spacial score (nSPS) is 12.6. The molecule has 4 rings (SSSR count). The number of carbonyl (C=O) groups is 1. The van der Waals surface area contributed by atoms with Crippen LogP contribution in [-0.4, -0.2) is 31.6 Å². The van der Waals surface area contributed by atoms with Gasteiger partial charge in [0.2, 0.25) is 11.8 Å². The summed E-state index contributed by atoms with van der Waals surface area (Å²) >= 11 is 0. The zero-order valence-electron chi connectivity index (χ0n) is 15.6. The molecule has 1 amide bonds. The molecule has 3 aromatic heterocycles. The number of rotatable bonds is 4. The molecule has 0 radical (unpaired) electrons. The molecule has 0 aliphatic carbocycles. The van der Waals surface area contributed by atoms with E-state index in [1.54, 1.807) is 36.5 Å². The van der Waals surface area contributed by atoms with E-state index in [9.17, 15) is 22.8 Å². The summed E-state index contributed by atoms with van der Waals surface area (Å²) in [6.07, 6.45) is -1.94. The van der Waals surface area contributed by atoms with Gasteiger partial charge in [0, 0.05) is 18.8 Å². The van der Waals surface area contributed by atoms with Crippen LogP contribution in [0.3, 0.4) is 0 Å². The number of aromatic amines is 1. The molecular weight excluding hydrogens is 413 g/mol. The van der Waals surface area contributed by atoms with Gasteiger partial charge < -0.3 is 10.3 Å². The fourth-order valence-corrected chi connectivity index (χ4v) is 3.23. The zero-order chi connectivity index (χ0) is 22.2. The summed E-state index contributed by atoms with van der Waals surface area (Å²) in [5.74, 6) is -3.78. The maximum Gasteiger partial charge on any atom is 0.413 e. The predicted octanol–water partition coefficient (Wildman–Crippen LogP) is 2.58. The van der Waals surface area contributed by atoms with E-state index in [0.717, 1.165) is 6.07 Å². The van der Waals surface area contributed by atoms with E-state index in [-0.39, 0.29) is 12.1 Å². The minimum atomic E-state index is -4.95. The number of fused-ring (bicyclic) bond motifs is 2. The molecule has 2 N–H and O–H groups in total. The highest BCUT2D eigenvalue weighted by Crippen LogP contribution is 2.26. The topological polar surface area (TPSA) is 116 Å². The quantitative estimate of drug-likeness (QED) is 0.520. The third-order valence-corrected chi connectivity index (χ3v) is 4.69. The van der Waals surface area contributed by atoms with Crippen LogP contribution in [0.5, 0.6) is 0 Å². The molecule has 0 aliphatic heterocycles. The summed E-state index contributed by atoms with van der Waals surface area (Å²) in [4.78, 5) is 35.6. The van der Waals surface area contributed by atoms with Crippen LogP contribution in [0, 0.1) is 17.2 Å². The summed E-state index contributed by atoms with van der Waals surface area (Å²) < 4.78 is 39.5. The maximum atomic E-state index is 12.7. The van der Waals surface area contributed by atoms with E-state index < -0.39 is 18.0 Å². The lowest BCUT2D eigenvalue weighted by Gasteiger charge is -2.14. The molecule has 4 aromatic rings. The van der Waals surface area contributed by atoms with Crippen molar-refractivity contribution in [3.8, 4) is 11.9 Å². The van der Waals surface area contributed by atoms with Crippen LogP contribution in [0.1, 0.15) is 5.56 Å². The van der Waals surface area contributed by atoms with Gasteiger partial charge in [-0.05, 0) is 35.2 Å². The molecule has 0 saturated carbocycles. The number of benzene rings is 1. The van der Waals surface area contributed by atoms with Gasteiger partial charge in [-0.25, -0.2) is 9.97 Å². The van der Waals surface area contributed by atoms with Crippen molar-refractivity contribution in [2.24, 2.45) is 5.92 Å². The van der Waals surface area contributed by atoms with Gasteiger partial charge in [0.15, 0.2) is 5.82 Å². The van der Waals surface area contributed by atoms with Gasteiger partial charge in [0.25, 0.3) is 5.56 Å². The first-order chi connectivity index (χ1) is 14.8. The summed E-state index contributed by atoms with van der Waals surface area (Å²) in [7, 11) is 0. The maximum absolute atomic E-state index is 12.7. The zero-order valence-corrected chi connectivity index (χ0v) is 15.6. The predicted molar refractivity (Wildman–Crippen MR) is 104 cm³/mol. The van der Waals surface area contributed by atoms with Crippen molar-refractivity contribution >= 4 is 27.8 Å². The monoisotopic (exact) mass is 426 g/mol. The lowest BCUT2D eigenvalue weighted by Crippen LogP contribution is -2.38. The smallest absolute Gasteiger partial charge is 0.351 e. The van der Waals surface area contributed by atoms with Gasteiger partial charge in [-0.1, -0.05) is 6.07 Å². The van der Waals surface area contributed by atoms with E-state index in [1.807, 2.05) is 0 Å². The van der Waals surface area contributed by atoms with E-state index in [4.69, 9.17) is 5.26 Å². The molecule has 0 aliphatic rings. The number of hydrogen-bond donors (Lipinski definition) is 2. The molecule has 0 saturated heterocycles. The number of halogens is 3. The number of nitrogens with zero attached hydrogens (tertiary/aromatic N) is 4. The molecular formula is C20H13F3N6O2. The molecule has 0 bridgehead atoms. The first-order valence-corrected chi connectivity index (χ1v) is 8.97. The van der Waals surface area contributed by atoms with Crippen molar-refractivity contribution in [2.75, 3.05) is 0 Å². The average Bonchev–Trinajstić information content (AvgIpc) is 3.21. The first kappa shape index (κ1) is 20.1. The van der Waals surface area contributed by atoms with Crippen LogP contribution < -0.4 is 10.9 Å². The number of aromatic nitrogens is 4. The minimum absolute atomic E-state index is 0.211. The summed E-state index contributed by atoms with van der Waals surface area (Å²) in [5.41, 5.74) is 1.26. The second-order valence-corrected chi connectivity index (χ2v) is 6.66. The third-order valence-electron chi connectivity index (χ3n) is 4.69. The second kappa shape index (κ2) is 7.56. The summed E-state index contributed by atoms with van der Waals surface area (Å²) in [5, 5.41) is 12.0. The summed E-state index contributed by atoms with van der Waals surface area (Å²) in [6.45, 7) is -0.211. The van der Waals surface area contributed by atoms with Gasteiger partial charge in [-0.3, -0.25) is 14.2 Å². The number of carbonyl (C=O) groups excluding carboxylic acids is 1. The Morgan fingerprint density at radius 2 is 2.03 bits per heavy atom. The molecule has 1 atom stereocenters. The lowest BCUT2D eigenvalue weighted by molar-refractivity contribution is -0.171. The molecule has 31 heavy (non-hydrogen) atoms. The molecule has 11 heteroatoms. The van der Waals surface area contributed by atoms with Crippen LogP contribution in [0.4, 0.5) is 13.2 Å². The molecule has 0 spiro atoms. The van der Waals surface area contributed by atoms with Crippen molar-refractivity contribution in [1.82, 2.24) is 24.8 Å². The third kappa shape index (κ3) is 3.71. The Bertz CT molecular complexity index is 1400. The first-order valence-electron chi connectivity index (χ1n) is 8.97. The number of nitriles is 1. The second-order valence-electron chi connectivity index (χ2n) is 6.66. The van der Waals surface area contributed by atoms with Crippen molar-refractivity contribution in [3.63, 3.8) is 0 Å². The fraction of sp³-hybridized carbons (Fsp3) is 0.150. The molecule has 3 heterocycles. The van der Waals surface area contributed by atoms with Gasteiger partial charge in [-0.2, -0.15) is 18.4 Å². The van der Waals surface area contributed by atoms with Crippen LogP contribution in [0.2, 0.25) is 0 Å². The molecule has 1 unspecified atom stereocenters. The minimum Gasteiger partial charge on any atom is -0.351 e. The Balaban J connectivity index is 1.68. The number of alkyl halides is 3. The van der Waals surface area contributed by atoms with Crippen LogP contribution in [0.15, 0.2) is 53.7 Å². The fourth-order valence-electron chi connectivity index (χ4n) is 3.23. The van der Waals surface area contributed by atoms with Crippen LogP contribution in [-0.2, 0) is 11.3 Å². The highest BCUT2D eigenvalue weighted by molar-refractivity contribution is 5.87. The van der Waals surface area contributed by atoms with E-state index in [1.165, 1.54) is 17.0 Å². The number of nitrogens with one attached hydrogen (secondary N) is 2. The van der Waals surface area contributed by atoms with Gasteiger partial charge in [0.1, 0.15) is 12.0 Å². The molecule has 8 nitrogen and oxygen atoms in total. The average molecular weight is 426 g/mol.